The maximum atomic E-state index is 13.5. The largest absolute Gasteiger partial charge is 0.399 e. The van der Waals surface area contributed by atoms with Crippen LogP contribution in [0.1, 0.15) is 19.3 Å². The molecular formula is C15H22FN3O2. The number of methoxy groups -OCH3 is 1. The van der Waals surface area contributed by atoms with Crippen LogP contribution < -0.4 is 11.1 Å². The van der Waals surface area contributed by atoms with Crippen LogP contribution in [0.25, 0.3) is 0 Å². The lowest BCUT2D eigenvalue weighted by molar-refractivity contribution is -0.116. The molecule has 1 saturated heterocycles. The van der Waals surface area contributed by atoms with Crippen molar-refractivity contribution in [3.63, 3.8) is 0 Å². The number of hydrogen-bond donors (Lipinski definition) is 2. The highest BCUT2D eigenvalue weighted by Gasteiger charge is 2.19. The molecule has 1 aromatic carbocycles. The van der Waals surface area contributed by atoms with Crippen LogP contribution >= 0.6 is 0 Å². The molecule has 0 radical (unpaired) electrons. The molecule has 21 heavy (non-hydrogen) atoms. The Kier molecular flexibility index (Phi) is 5.52. The van der Waals surface area contributed by atoms with Crippen LogP contribution in [0, 0.1) is 5.82 Å². The van der Waals surface area contributed by atoms with Crippen LogP contribution in [0.2, 0.25) is 0 Å². The molecule has 1 aliphatic heterocycles. The van der Waals surface area contributed by atoms with Gasteiger partial charge >= 0.3 is 0 Å². The maximum absolute atomic E-state index is 13.5. The Morgan fingerprint density at radius 2 is 2.19 bits per heavy atom. The van der Waals surface area contributed by atoms with Crippen molar-refractivity contribution < 1.29 is 13.9 Å². The minimum absolute atomic E-state index is 0.137. The summed E-state index contributed by atoms with van der Waals surface area (Å²) in [5.41, 5.74) is 6.14. The highest BCUT2D eigenvalue weighted by Crippen LogP contribution is 2.18. The molecule has 1 heterocycles. The van der Waals surface area contributed by atoms with Gasteiger partial charge in [0.2, 0.25) is 5.91 Å². The van der Waals surface area contributed by atoms with Gasteiger partial charge in [0.15, 0.2) is 0 Å². The molecule has 1 aliphatic rings. The predicted octanol–water partition coefficient (Wildman–Crippen LogP) is 1.85. The number of amides is 1. The first-order valence-corrected chi connectivity index (χ1v) is 7.18. The Morgan fingerprint density at radius 3 is 2.86 bits per heavy atom. The summed E-state index contributed by atoms with van der Waals surface area (Å²) in [6.45, 7) is 2.53. The number of likely N-dealkylation sites (tertiary alicyclic amines) is 1. The number of hydrogen-bond acceptors (Lipinski definition) is 4. The third kappa shape index (κ3) is 4.68. The van der Waals surface area contributed by atoms with E-state index in [0.29, 0.717) is 24.8 Å². The van der Waals surface area contributed by atoms with Crippen molar-refractivity contribution in [1.29, 1.82) is 0 Å². The second kappa shape index (κ2) is 7.38. The van der Waals surface area contributed by atoms with Gasteiger partial charge in [-0.15, -0.1) is 0 Å². The summed E-state index contributed by atoms with van der Waals surface area (Å²) in [6, 6.07) is 4.14. The lowest BCUT2D eigenvalue weighted by atomic mass is 10.1. The number of ether oxygens (including phenoxy) is 1. The fraction of sp³-hybridized carbons (Fsp3) is 0.533. The van der Waals surface area contributed by atoms with E-state index in [-0.39, 0.29) is 11.6 Å². The molecular weight excluding hydrogens is 273 g/mol. The van der Waals surface area contributed by atoms with E-state index in [1.54, 1.807) is 7.11 Å². The summed E-state index contributed by atoms with van der Waals surface area (Å²) in [6.07, 6.45) is 2.65. The van der Waals surface area contributed by atoms with Crippen LogP contribution in [0.5, 0.6) is 0 Å². The monoisotopic (exact) mass is 295 g/mol. The smallest absolute Gasteiger partial charge is 0.225 e. The molecule has 0 atom stereocenters. The molecule has 0 unspecified atom stereocenters. The summed E-state index contributed by atoms with van der Waals surface area (Å²) < 4.78 is 18.8. The van der Waals surface area contributed by atoms with Gasteiger partial charge in [0.05, 0.1) is 11.8 Å². The first kappa shape index (κ1) is 15.7. The third-order valence-electron chi connectivity index (χ3n) is 3.79. The van der Waals surface area contributed by atoms with Gasteiger partial charge in [0, 0.05) is 38.9 Å². The number of rotatable bonds is 5. The molecule has 0 aliphatic carbocycles. The van der Waals surface area contributed by atoms with Crippen LogP contribution in [0.4, 0.5) is 15.8 Å². The fourth-order valence-corrected chi connectivity index (χ4v) is 2.48. The second-order valence-corrected chi connectivity index (χ2v) is 5.31. The predicted molar refractivity (Wildman–Crippen MR) is 80.5 cm³/mol. The second-order valence-electron chi connectivity index (χ2n) is 5.31. The number of benzene rings is 1. The molecule has 1 fully saturated rings. The van der Waals surface area contributed by atoms with Gasteiger partial charge in [0.25, 0.3) is 0 Å². The van der Waals surface area contributed by atoms with Gasteiger partial charge in [-0.3, -0.25) is 4.79 Å². The van der Waals surface area contributed by atoms with Crippen LogP contribution in [-0.4, -0.2) is 43.7 Å². The average Bonchev–Trinajstić information content (AvgIpc) is 2.49. The number of nitrogen functional groups attached to an aromatic ring is 1. The van der Waals surface area contributed by atoms with Crippen molar-refractivity contribution in [2.24, 2.45) is 0 Å². The molecule has 6 heteroatoms. The van der Waals surface area contributed by atoms with Crippen molar-refractivity contribution in [2.75, 3.05) is 37.8 Å². The van der Waals surface area contributed by atoms with E-state index in [2.05, 4.69) is 10.2 Å². The van der Waals surface area contributed by atoms with E-state index in [4.69, 9.17) is 10.5 Å². The number of nitrogens with two attached hydrogens (primary N) is 1. The first-order valence-electron chi connectivity index (χ1n) is 7.18. The summed E-state index contributed by atoms with van der Waals surface area (Å²) in [5, 5.41) is 2.57. The van der Waals surface area contributed by atoms with Gasteiger partial charge in [-0.25, -0.2) is 4.39 Å². The zero-order valence-corrected chi connectivity index (χ0v) is 12.3. The minimum atomic E-state index is -0.474. The number of halogens is 1. The number of nitrogens with one attached hydrogen (secondary N) is 1. The lowest BCUT2D eigenvalue weighted by Crippen LogP contribution is -2.38. The van der Waals surface area contributed by atoms with Gasteiger partial charge < -0.3 is 20.7 Å². The average molecular weight is 295 g/mol. The topological polar surface area (TPSA) is 67.6 Å². The SMILES string of the molecule is COC1CCN(CCC(=O)Nc2cc(N)ccc2F)CC1. The Labute approximate surface area is 124 Å². The number of nitrogens with zero attached hydrogens (tertiary/aromatic N) is 1. The summed E-state index contributed by atoms with van der Waals surface area (Å²) in [4.78, 5) is 14.1. The van der Waals surface area contributed by atoms with Crippen LogP contribution in [-0.2, 0) is 9.53 Å². The number of anilines is 2. The molecule has 2 rings (SSSR count). The standard InChI is InChI=1S/C15H22FN3O2/c1-21-12-4-7-19(8-5-12)9-6-15(20)18-14-10-11(17)2-3-13(14)16/h2-3,10,12H,4-9,17H2,1H3,(H,18,20). The Bertz CT molecular complexity index is 488. The van der Waals surface area contributed by atoms with Gasteiger partial charge in [-0.05, 0) is 31.0 Å². The maximum Gasteiger partial charge on any atom is 0.225 e. The molecule has 5 nitrogen and oxygen atoms in total. The Balaban J connectivity index is 1.76. The Morgan fingerprint density at radius 1 is 1.48 bits per heavy atom. The van der Waals surface area contributed by atoms with E-state index in [9.17, 15) is 9.18 Å². The molecule has 0 bridgehead atoms. The summed E-state index contributed by atoms with van der Waals surface area (Å²) >= 11 is 0. The van der Waals surface area contributed by atoms with E-state index in [1.165, 1.54) is 18.2 Å². The number of carbonyl (C=O) groups excluding carboxylic acids is 1. The molecule has 1 amide bonds. The highest BCUT2D eigenvalue weighted by atomic mass is 19.1. The van der Waals surface area contributed by atoms with E-state index < -0.39 is 5.82 Å². The normalized spacial score (nSPS) is 16.9. The van der Waals surface area contributed by atoms with Crippen molar-refractivity contribution in [3.8, 4) is 0 Å². The van der Waals surface area contributed by atoms with Gasteiger partial charge in [0.1, 0.15) is 5.82 Å². The molecule has 0 aromatic heterocycles. The molecule has 116 valence electrons. The molecule has 1 aromatic rings. The van der Waals surface area contributed by atoms with Gasteiger partial charge in [-0.2, -0.15) is 0 Å². The molecule has 0 saturated carbocycles. The quantitative estimate of drug-likeness (QED) is 0.814. The first-order chi connectivity index (χ1) is 10.1. The van der Waals surface area contributed by atoms with Gasteiger partial charge in [-0.1, -0.05) is 0 Å². The fourth-order valence-electron chi connectivity index (χ4n) is 2.48. The van der Waals surface area contributed by atoms with Crippen molar-refractivity contribution in [1.82, 2.24) is 4.90 Å². The minimum Gasteiger partial charge on any atom is -0.399 e. The van der Waals surface area contributed by atoms with E-state index in [1.807, 2.05) is 0 Å². The zero-order valence-electron chi connectivity index (χ0n) is 12.3. The molecule has 0 spiro atoms. The zero-order chi connectivity index (χ0) is 15.2. The Hall–Kier alpha value is -1.66. The number of carbonyl (C=O) groups is 1. The van der Waals surface area contributed by atoms with Crippen LogP contribution in [0.15, 0.2) is 18.2 Å². The lowest BCUT2D eigenvalue weighted by Gasteiger charge is -2.30. The number of piperidine rings is 1. The summed E-state index contributed by atoms with van der Waals surface area (Å²) in [5.74, 6) is -0.674. The van der Waals surface area contributed by atoms with E-state index in [0.717, 1.165) is 25.9 Å². The van der Waals surface area contributed by atoms with Crippen LogP contribution in [0.3, 0.4) is 0 Å². The molecule has 3 N–H and O–H groups in total. The highest BCUT2D eigenvalue weighted by molar-refractivity contribution is 5.91. The third-order valence-corrected chi connectivity index (χ3v) is 3.79. The van der Waals surface area contributed by atoms with Crippen molar-refractivity contribution >= 4 is 17.3 Å². The summed E-state index contributed by atoms with van der Waals surface area (Å²) in [7, 11) is 1.73. The van der Waals surface area contributed by atoms with E-state index >= 15 is 0 Å². The van der Waals surface area contributed by atoms with Crippen molar-refractivity contribution in [3.05, 3.63) is 24.0 Å². The van der Waals surface area contributed by atoms with Crippen molar-refractivity contribution in [2.45, 2.75) is 25.4 Å².